The number of aromatic hydroxyl groups is 1. The Morgan fingerprint density at radius 1 is 1.19 bits per heavy atom. The molecule has 1 aliphatic heterocycles. The van der Waals surface area contributed by atoms with Crippen LogP contribution in [0.15, 0.2) is 54.7 Å². The lowest BCUT2D eigenvalue weighted by atomic mass is 9.86. The molecule has 2 N–H and O–H groups in total. The minimum Gasteiger partial charge on any atom is -0.508 e. The first-order valence-electron chi connectivity index (χ1n) is 9.64. The van der Waals surface area contributed by atoms with Crippen LogP contribution < -0.4 is 5.32 Å². The molecule has 0 aliphatic carbocycles. The van der Waals surface area contributed by atoms with Gasteiger partial charge in [-0.05, 0) is 36.8 Å². The molecule has 2 aromatic carbocycles. The maximum absolute atomic E-state index is 12.5. The van der Waals surface area contributed by atoms with Crippen LogP contribution in [-0.2, 0) is 4.79 Å². The zero-order valence-corrected chi connectivity index (χ0v) is 17.2. The van der Waals surface area contributed by atoms with Crippen molar-refractivity contribution in [2.24, 2.45) is 0 Å². The molecule has 31 heavy (non-hydrogen) atoms. The summed E-state index contributed by atoms with van der Waals surface area (Å²) in [7, 11) is 0. The van der Waals surface area contributed by atoms with Gasteiger partial charge in [0.15, 0.2) is 0 Å². The van der Waals surface area contributed by atoms with E-state index in [1.54, 1.807) is 36.5 Å². The Morgan fingerprint density at radius 2 is 2.00 bits per heavy atom. The van der Waals surface area contributed by atoms with Crippen molar-refractivity contribution in [3.8, 4) is 23.0 Å². The van der Waals surface area contributed by atoms with Crippen molar-refractivity contribution >= 4 is 23.3 Å². The molecule has 4 aromatic rings. The zero-order chi connectivity index (χ0) is 21.5. The fourth-order valence-corrected chi connectivity index (χ4v) is 3.99. The van der Waals surface area contributed by atoms with Crippen LogP contribution in [0.2, 0.25) is 5.02 Å². The number of nitrogens with zero attached hydrogens (tertiary/aromatic N) is 5. The lowest BCUT2D eigenvalue weighted by Crippen LogP contribution is -2.25. The molecular weight excluding hydrogens is 416 g/mol. The predicted octanol–water partition coefficient (Wildman–Crippen LogP) is 3.87. The fourth-order valence-electron chi connectivity index (χ4n) is 3.86. The molecule has 0 unspecified atom stereocenters. The van der Waals surface area contributed by atoms with Gasteiger partial charge in [-0.3, -0.25) is 4.79 Å². The number of rotatable bonds is 3. The summed E-state index contributed by atoms with van der Waals surface area (Å²) in [6.07, 6.45) is 1.82. The van der Waals surface area contributed by atoms with Crippen molar-refractivity contribution in [3.63, 3.8) is 0 Å². The van der Waals surface area contributed by atoms with E-state index in [2.05, 4.69) is 25.6 Å². The van der Waals surface area contributed by atoms with Gasteiger partial charge in [-0.25, -0.2) is 4.98 Å². The molecular formula is C22H17ClN6O2. The highest BCUT2D eigenvalue weighted by molar-refractivity contribution is 6.30. The average molecular weight is 433 g/mol. The van der Waals surface area contributed by atoms with Crippen molar-refractivity contribution in [1.29, 1.82) is 0 Å². The summed E-state index contributed by atoms with van der Waals surface area (Å²) in [6, 6.07) is 14.2. The number of benzene rings is 2. The van der Waals surface area contributed by atoms with Crippen LogP contribution in [0.3, 0.4) is 0 Å². The van der Waals surface area contributed by atoms with E-state index in [9.17, 15) is 9.90 Å². The Balaban J connectivity index is 1.61. The number of halogens is 1. The number of anilines is 1. The summed E-state index contributed by atoms with van der Waals surface area (Å²) in [4.78, 5) is 17.1. The Morgan fingerprint density at radius 3 is 2.77 bits per heavy atom. The molecule has 0 radical (unpaired) electrons. The topological polar surface area (TPSA) is 106 Å². The van der Waals surface area contributed by atoms with Crippen LogP contribution in [0.4, 0.5) is 5.82 Å². The van der Waals surface area contributed by atoms with E-state index in [1.165, 1.54) is 4.68 Å². The summed E-state index contributed by atoms with van der Waals surface area (Å²) < 4.78 is 1.50. The quantitative estimate of drug-likeness (QED) is 0.509. The van der Waals surface area contributed by atoms with E-state index in [4.69, 9.17) is 11.6 Å². The van der Waals surface area contributed by atoms with Crippen molar-refractivity contribution < 1.29 is 9.90 Å². The van der Waals surface area contributed by atoms with Crippen molar-refractivity contribution in [1.82, 2.24) is 25.0 Å². The summed E-state index contributed by atoms with van der Waals surface area (Å²) in [5.74, 6) is 0.518. The molecule has 0 fully saturated rings. The summed E-state index contributed by atoms with van der Waals surface area (Å²) >= 11 is 5.98. The van der Waals surface area contributed by atoms with Crippen molar-refractivity contribution in [3.05, 3.63) is 76.6 Å². The van der Waals surface area contributed by atoms with Gasteiger partial charge in [0, 0.05) is 28.5 Å². The second-order valence-electron chi connectivity index (χ2n) is 7.31. The van der Waals surface area contributed by atoms with Gasteiger partial charge in [-0.15, -0.1) is 5.10 Å². The highest BCUT2D eigenvalue weighted by Gasteiger charge is 2.33. The Labute approximate surface area is 182 Å². The molecule has 154 valence electrons. The minimum absolute atomic E-state index is 0.149. The highest BCUT2D eigenvalue weighted by atomic mass is 35.5. The molecule has 1 aliphatic rings. The monoisotopic (exact) mass is 432 g/mol. The normalized spacial score (nSPS) is 15.4. The van der Waals surface area contributed by atoms with Gasteiger partial charge in [0.1, 0.15) is 11.6 Å². The molecule has 0 saturated carbocycles. The number of phenols is 1. The van der Waals surface area contributed by atoms with Gasteiger partial charge < -0.3 is 10.4 Å². The summed E-state index contributed by atoms with van der Waals surface area (Å²) in [5, 5.41) is 26.2. The highest BCUT2D eigenvalue weighted by Crippen LogP contribution is 2.40. The number of fused-ring (bicyclic) bond motifs is 1. The van der Waals surface area contributed by atoms with E-state index >= 15 is 0 Å². The SMILES string of the molecule is Cc1nn(-c2nncc(-c3ccc(Cl)cc3)n2)c2c1[C@@H](c1cccc(O)c1)CC(=O)N2. The van der Waals surface area contributed by atoms with Crippen LogP contribution in [0.25, 0.3) is 17.2 Å². The smallest absolute Gasteiger partial charge is 0.272 e. The Hall–Kier alpha value is -3.78. The van der Waals surface area contributed by atoms with Gasteiger partial charge in [-0.2, -0.15) is 14.9 Å². The molecule has 0 bridgehead atoms. The van der Waals surface area contributed by atoms with Crippen LogP contribution in [0.5, 0.6) is 5.75 Å². The number of hydrogen-bond acceptors (Lipinski definition) is 6. The fraction of sp³-hybridized carbons (Fsp3) is 0.136. The maximum Gasteiger partial charge on any atom is 0.272 e. The molecule has 8 nitrogen and oxygen atoms in total. The molecule has 2 aromatic heterocycles. The molecule has 0 saturated heterocycles. The molecule has 3 heterocycles. The number of nitrogens with one attached hydrogen (secondary N) is 1. The van der Waals surface area contributed by atoms with E-state index in [-0.39, 0.29) is 29.9 Å². The first-order valence-corrected chi connectivity index (χ1v) is 10.0. The van der Waals surface area contributed by atoms with Crippen LogP contribution >= 0.6 is 11.6 Å². The predicted molar refractivity (Wildman–Crippen MR) is 115 cm³/mol. The Kier molecular flexibility index (Phi) is 4.63. The van der Waals surface area contributed by atoms with E-state index in [1.807, 2.05) is 25.1 Å². The van der Waals surface area contributed by atoms with Crippen LogP contribution in [0.1, 0.15) is 29.2 Å². The van der Waals surface area contributed by atoms with E-state index in [0.717, 1.165) is 22.4 Å². The number of carbonyl (C=O) groups excluding carboxylic acids is 1. The summed E-state index contributed by atoms with van der Waals surface area (Å²) in [5.41, 5.74) is 3.89. The number of aryl methyl sites for hydroxylation is 1. The standard InChI is InChI=1S/C22H17ClN6O2/c1-12-20-17(14-3-2-4-16(30)9-14)10-19(31)26-21(20)29(28-12)22-25-18(11-24-27-22)13-5-7-15(23)8-6-13/h2-9,11,17,30H,10H2,1H3,(H,26,31)/t17-/m1/s1. The van der Waals surface area contributed by atoms with Gasteiger partial charge in [-0.1, -0.05) is 35.9 Å². The van der Waals surface area contributed by atoms with E-state index < -0.39 is 0 Å². The van der Waals surface area contributed by atoms with Crippen molar-refractivity contribution in [2.45, 2.75) is 19.3 Å². The zero-order valence-electron chi connectivity index (χ0n) is 16.5. The number of aromatic nitrogens is 5. The lowest BCUT2D eigenvalue weighted by Gasteiger charge is -2.24. The van der Waals surface area contributed by atoms with Gasteiger partial charge in [0.25, 0.3) is 5.95 Å². The number of amides is 1. The van der Waals surface area contributed by atoms with Crippen molar-refractivity contribution in [2.75, 3.05) is 5.32 Å². The third-order valence-corrected chi connectivity index (χ3v) is 5.50. The number of carbonyl (C=O) groups is 1. The molecule has 0 spiro atoms. The van der Waals surface area contributed by atoms with Gasteiger partial charge in [0.2, 0.25) is 5.91 Å². The molecule has 5 rings (SSSR count). The Bertz CT molecular complexity index is 1300. The van der Waals surface area contributed by atoms with E-state index in [0.29, 0.717) is 16.5 Å². The summed E-state index contributed by atoms with van der Waals surface area (Å²) in [6.45, 7) is 1.87. The molecule has 1 atom stereocenters. The minimum atomic E-state index is -0.239. The third kappa shape index (κ3) is 3.51. The van der Waals surface area contributed by atoms with Gasteiger partial charge in [0.05, 0.1) is 17.6 Å². The molecule has 9 heteroatoms. The number of phenolic OH excluding ortho intramolecular Hbond substituents is 1. The maximum atomic E-state index is 12.5. The second-order valence-corrected chi connectivity index (χ2v) is 7.74. The van der Waals surface area contributed by atoms with Crippen LogP contribution in [0, 0.1) is 6.92 Å². The first kappa shape index (κ1) is 19.2. The van der Waals surface area contributed by atoms with Gasteiger partial charge >= 0.3 is 0 Å². The lowest BCUT2D eigenvalue weighted by molar-refractivity contribution is -0.116. The largest absolute Gasteiger partial charge is 0.508 e. The first-order chi connectivity index (χ1) is 15.0. The average Bonchev–Trinajstić information content (AvgIpc) is 3.10. The second kappa shape index (κ2) is 7.48. The third-order valence-electron chi connectivity index (χ3n) is 5.25. The van der Waals surface area contributed by atoms with Crippen LogP contribution in [-0.4, -0.2) is 36.0 Å². The number of hydrogen-bond donors (Lipinski definition) is 2. The molecule has 1 amide bonds.